The van der Waals surface area contributed by atoms with Crippen LogP contribution in [0.25, 0.3) is 11.2 Å². The molecule has 15 heteroatoms. The van der Waals surface area contributed by atoms with Gasteiger partial charge in [0, 0.05) is 0 Å². The fraction of sp³-hybridized carbons (Fsp3) is 0.545. The summed E-state index contributed by atoms with van der Waals surface area (Å²) < 4.78 is 26.5. The molecular formula is C11H15N5NaO8P. The van der Waals surface area contributed by atoms with E-state index in [4.69, 9.17) is 20.1 Å². The molecule has 0 spiro atoms. The van der Waals surface area contributed by atoms with E-state index in [0.29, 0.717) is 0 Å². The maximum Gasteiger partial charge on any atom is 1.00 e. The molecule has 0 aromatic carbocycles. The molecule has 0 amide bonds. The van der Waals surface area contributed by atoms with Crippen LogP contribution in [-0.4, -0.2) is 66.7 Å². The number of fused-ring (bicyclic) bond motifs is 1. The number of nitrogens with two attached hydrogens (primary N) is 1. The summed E-state index contributed by atoms with van der Waals surface area (Å²) in [6.07, 6.45) is -4.03. The monoisotopic (exact) mass is 399 g/mol. The van der Waals surface area contributed by atoms with Crippen LogP contribution in [0.5, 0.6) is 6.01 Å². The van der Waals surface area contributed by atoms with Crippen molar-refractivity contribution < 1.29 is 68.1 Å². The average molecular weight is 399 g/mol. The van der Waals surface area contributed by atoms with Crippen molar-refractivity contribution in [1.82, 2.24) is 19.5 Å². The Kier molecular flexibility index (Phi) is 6.62. The number of aliphatic hydroxyl groups is 2. The molecule has 1 fully saturated rings. The van der Waals surface area contributed by atoms with Gasteiger partial charge in [0.25, 0.3) is 7.82 Å². The first kappa shape index (κ1) is 21.4. The largest absolute Gasteiger partial charge is 1.00 e. The number of hydrogen-bond acceptors (Lipinski definition) is 11. The number of aliphatic hydroxyl groups excluding tert-OH is 2. The van der Waals surface area contributed by atoms with Gasteiger partial charge in [-0.05, 0) is 0 Å². The van der Waals surface area contributed by atoms with E-state index >= 15 is 0 Å². The summed E-state index contributed by atoms with van der Waals surface area (Å²) >= 11 is 0. The normalized spacial score (nSPS) is 27.9. The summed E-state index contributed by atoms with van der Waals surface area (Å²) in [4.78, 5) is 31.3. The van der Waals surface area contributed by atoms with Gasteiger partial charge < -0.3 is 39.7 Å². The second kappa shape index (κ2) is 8.02. The molecule has 26 heavy (non-hydrogen) atoms. The smallest absolute Gasteiger partial charge is 0.756 e. The van der Waals surface area contributed by atoms with Crippen LogP contribution in [0, 0.1) is 0 Å². The van der Waals surface area contributed by atoms with Gasteiger partial charge in [0.1, 0.15) is 18.3 Å². The van der Waals surface area contributed by atoms with Crippen LogP contribution in [0.3, 0.4) is 0 Å². The second-order valence-corrected chi connectivity index (χ2v) is 6.43. The number of aromatic nitrogens is 4. The Labute approximate surface area is 168 Å². The zero-order valence-corrected chi connectivity index (χ0v) is 16.7. The summed E-state index contributed by atoms with van der Waals surface area (Å²) in [7, 11) is -3.65. The Morgan fingerprint density at radius 2 is 2.12 bits per heavy atom. The number of nitrogens with zero attached hydrogens (tertiary/aromatic N) is 4. The average Bonchev–Trinajstić information content (AvgIpc) is 3.08. The van der Waals surface area contributed by atoms with Crippen LogP contribution in [0.4, 0.5) is 5.82 Å². The molecule has 13 nitrogen and oxygen atoms in total. The number of anilines is 1. The fourth-order valence-corrected chi connectivity index (χ4v) is 2.79. The van der Waals surface area contributed by atoms with Crippen LogP contribution in [0.1, 0.15) is 6.23 Å². The number of rotatable bonds is 5. The summed E-state index contributed by atoms with van der Waals surface area (Å²) in [5.74, 6) is 0.0427. The molecule has 0 bridgehead atoms. The number of nitrogen functional groups attached to an aromatic ring is 1. The topological polar surface area (TPSA) is 198 Å². The molecule has 1 aliphatic heterocycles. The first-order chi connectivity index (χ1) is 11.7. The van der Waals surface area contributed by atoms with Crippen LogP contribution >= 0.6 is 7.82 Å². The van der Waals surface area contributed by atoms with Gasteiger partial charge >= 0.3 is 35.6 Å². The quantitative estimate of drug-likeness (QED) is 0.275. The number of methoxy groups -OCH3 is 1. The summed E-state index contributed by atoms with van der Waals surface area (Å²) in [6.45, 7) is -0.681. The molecule has 2 aromatic rings. The van der Waals surface area contributed by atoms with Crippen molar-refractivity contribution in [3.63, 3.8) is 0 Å². The van der Waals surface area contributed by atoms with Crippen molar-refractivity contribution in [2.24, 2.45) is 0 Å². The molecule has 0 radical (unpaired) electrons. The molecular weight excluding hydrogens is 384 g/mol. The van der Waals surface area contributed by atoms with Crippen molar-refractivity contribution in [3.05, 3.63) is 6.33 Å². The zero-order chi connectivity index (χ0) is 18.4. The zero-order valence-electron chi connectivity index (χ0n) is 13.8. The molecule has 1 unspecified atom stereocenters. The third kappa shape index (κ3) is 4.17. The van der Waals surface area contributed by atoms with E-state index in [-0.39, 0.29) is 52.5 Å². The van der Waals surface area contributed by atoms with E-state index in [9.17, 15) is 19.7 Å². The van der Waals surface area contributed by atoms with Crippen LogP contribution in [0.2, 0.25) is 0 Å². The Morgan fingerprint density at radius 1 is 1.42 bits per heavy atom. The van der Waals surface area contributed by atoms with Gasteiger partial charge in [-0.1, -0.05) is 0 Å². The fourth-order valence-electron chi connectivity index (χ4n) is 2.46. The first-order valence-corrected chi connectivity index (χ1v) is 8.45. The van der Waals surface area contributed by atoms with Crippen LogP contribution in [-0.2, 0) is 13.8 Å². The molecule has 0 saturated carbocycles. The Hall–Kier alpha value is -0.860. The van der Waals surface area contributed by atoms with Gasteiger partial charge in [-0.2, -0.15) is 9.97 Å². The second-order valence-electron chi connectivity index (χ2n) is 5.23. The molecule has 0 aliphatic carbocycles. The van der Waals surface area contributed by atoms with Gasteiger partial charge in [0.05, 0.1) is 20.0 Å². The molecule has 3 rings (SSSR count). The number of ether oxygens (including phenoxy) is 2. The SMILES string of the molecule is COc1nc(N)c2ncn([C@@H]3O[C@H](COP(=O)([O-])O)[C@@H](O)[C@@H]3O)c2n1.[Na+]. The molecule has 1 saturated heterocycles. The van der Waals surface area contributed by atoms with Gasteiger partial charge in [-0.25, -0.2) is 4.98 Å². The minimum atomic E-state index is -5.00. The summed E-state index contributed by atoms with van der Waals surface area (Å²) in [6, 6.07) is -0.0350. The first-order valence-electron chi connectivity index (χ1n) is 6.95. The van der Waals surface area contributed by atoms with Crippen LogP contribution in [0.15, 0.2) is 6.33 Å². The number of phosphoric acid groups is 1. The third-order valence-corrected chi connectivity index (χ3v) is 4.10. The predicted molar refractivity (Wildman–Crippen MR) is 78.0 cm³/mol. The molecule has 1 aliphatic rings. The summed E-state index contributed by atoms with van der Waals surface area (Å²) in [5, 5.41) is 20.2. The van der Waals surface area contributed by atoms with Gasteiger partial charge in [-0.3, -0.25) is 9.13 Å². The van der Waals surface area contributed by atoms with Crippen LogP contribution < -0.4 is 44.9 Å². The van der Waals surface area contributed by atoms with Gasteiger partial charge in [-0.15, -0.1) is 0 Å². The van der Waals surface area contributed by atoms with Gasteiger partial charge in [0.15, 0.2) is 23.2 Å². The Bertz CT molecular complexity index is 830. The number of phosphoric ester groups is 1. The molecule has 2 aromatic heterocycles. The number of imidazole rings is 1. The minimum absolute atomic E-state index is 0. The third-order valence-electron chi connectivity index (χ3n) is 3.62. The van der Waals surface area contributed by atoms with E-state index in [0.717, 1.165) is 0 Å². The maximum atomic E-state index is 10.7. The van der Waals surface area contributed by atoms with Crippen molar-refractivity contribution >= 4 is 24.8 Å². The Balaban J connectivity index is 0.00000243. The van der Waals surface area contributed by atoms with Gasteiger partial charge in [0.2, 0.25) is 0 Å². The minimum Gasteiger partial charge on any atom is -0.756 e. The predicted octanol–water partition coefficient (Wildman–Crippen LogP) is -5.48. The standard InChI is InChI=1S/C11H16N5O8P.Na/c1-22-11-14-8(12)5-9(15-11)16(3-13-5)10-7(18)6(17)4(24-10)2-23-25(19,20)21;/h3-4,6-7,10,17-18H,2H2,1H3,(H2,12,14,15)(H2,19,20,21);/q;+1/p-1/t4-,6-,7+,10-;/m1./s1. The summed E-state index contributed by atoms with van der Waals surface area (Å²) in [5.41, 5.74) is 6.16. The van der Waals surface area contributed by atoms with E-state index in [1.807, 2.05) is 0 Å². The van der Waals surface area contributed by atoms with E-state index in [2.05, 4.69) is 19.5 Å². The van der Waals surface area contributed by atoms with Crippen molar-refractivity contribution in [3.8, 4) is 6.01 Å². The molecule has 5 atom stereocenters. The molecule has 138 valence electrons. The van der Waals surface area contributed by atoms with E-state index in [1.54, 1.807) is 0 Å². The van der Waals surface area contributed by atoms with Crippen molar-refractivity contribution in [2.45, 2.75) is 24.5 Å². The van der Waals surface area contributed by atoms with E-state index in [1.165, 1.54) is 18.0 Å². The van der Waals surface area contributed by atoms with Crippen molar-refractivity contribution in [2.75, 3.05) is 19.5 Å². The van der Waals surface area contributed by atoms with Crippen molar-refractivity contribution in [1.29, 1.82) is 0 Å². The molecule has 3 heterocycles. The molecule has 5 N–H and O–H groups in total. The number of hydrogen-bond donors (Lipinski definition) is 4. The van der Waals surface area contributed by atoms with E-state index < -0.39 is 39.0 Å². The maximum absolute atomic E-state index is 10.7. The Morgan fingerprint density at radius 3 is 2.73 bits per heavy atom.